The lowest BCUT2D eigenvalue weighted by Crippen LogP contribution is -2.33. The Morgan fingerprint density at radius 2 is 1.71 bits per heavy atom. The Morgan fingerprint density at radius 1 is 1.00 bits per heavy atom. The molecule has 0 heterocycles. The van der Waals surface area contributed by atoms with E-state index >= 15 is 0 Å². The SMILES string of the molecule is COc1ccc(NC(=O)CNC(=O)c2ccc(OC)c([N+](=O)[O-])c2)c(OC)c1. The molecule has 2 amide bonds. The van der Waals surface area contributed by atoms with Crippen LogP contribution in [0.2, 0.25) is 0 Å². The predicted octanol–water partition coefficient (Wildman–Crippen LogP) is 1.99. The minimum absolute atomic E-state index is 0.0299. The normalized spacial score (nSPS) is 9.96. The zero-order valence-corrected chi connectivity index (χ0v) is 15.5. The fraction of sp³-hybridized carbons (Fsp3) is 0.222. The van der Waals surface area contributed by atoms with E-state index in [4.69, 9.17) is 14.2 Å². The van der Waals surface area contributed by atoms with Gasteiger partial charge in [0.25, 0.3) is 5.91 Å². The molecule has 0 aliphatic carbocycles. The average molecular weight is 389 g/mol. The summed E-state index contributed by atoms with van der Waals surface area (Å²) in [7, 11) is 4.24. The van der Waals surface area contributed by atoms with Crippen molar-refractivity contribution in [2.45, 2.75) is 0 Å². The minimum Gasteiger partial charge on any atom is -0.497 e. The second kappa shape index (κ2) is 9.21. The highest BCUT2D eigenvalue weighted by molar-refractivity contribution is 6.00. The van der Waals surface area contributed by atoms with Gasteiger partial charge in [0.2, 0.25) is 5.91 Å². The molecule has 2 rings (SSSR count). The first-order valence-electron chi connectivity index (χ1n) is 8.02. The van der Waals surface area contributed by atoms with Crippen LogP contribution in [0.5, 0.6) is 17.2 Å². The van der Waals surface area contributed by atoms with Crippen LogP contribution in [0.25, 0.3) is 0 Å². The molecular weight excluding hydrogens is 370 g/mol. The molecule has 0 fully saturated rings. The molecule has 2 aromatic rings. The number of methoxy groups -OCH3 is 3. The third kappa shape index (κ3) is 4.87. The van der Waals surface area contributed by atoms with Gasteiger partial charge in [-0.15, -0.1) is 0 Å². The van der Waals surface area contributed by atoms with Crippen molar-refractivity contribution < 1.29 is 28.7 Å². The molecular formula is C18H19N3O7. The van der Waals surface area contributed by atoms with E-state index in [0.29, 0.717) is 17.2 Å². The molecule has 0 saturated heterocycles. The third-order valence-electron chi connectivity index (χ3n) is 3.73. The standard InChI is InChI=1S/C18H19N3O7/c1-26-12-5-6-13(16(9-12)28-3)20-17(22)10-19-18(23)11-4-7-15(27-2)14(8-11)21(24)25/h4-9H,10H2,1-3H3,(H,19,23)(H,20,22). The smallest absolute Gasteiger partial charge is 0.311 e. The number of hydrogen-bond acceptors (Lipinski definition) is 7. The average Bonchev–Trinajstić information content (AvgIpc) is 2.71. The molecule has 10 nitrogen and oxygen atoms in total. The van der Waals surface area contributed by atoms with Gasteiger partial charge in [-0.2, -0.15) is 0 Å². The number of nitrogens with zero attached hydrogens (tertiary/aromatic N) is 1. The molecule has 0 bridgehead atoms. The highest BCUT2D eigenvalue weighted by Crippen LogP contribution is 2.29. The van der Waals surface area contributed by atoms with Gasteiger partial charge in [0.1, 0.15) is 11.5 Å². The van der Waals surface area contributed by atoms with Crippen LogP contribution in [0.4, 0.5) is 11.4 Å². The molecule has 0 radical (unpaired) electrons. The van der Waals surface area contributed by atoms with Crippen molar-refractivity contribution in [2.24, 2.45) is 0 Å². The number of carbonyl (C=O) groups excluding carboxylic acids is 2. The molecule has 2 N–H and O–H groups in total. The van der Waals surface area contributed by atoms with Crippen molar-refractivity contribution in [2.75, 3.05) is 33.2 Å². The van der Waals surface area contributed by atoms with Gasteiger partial charge in [0.05, 0.1) is 38.5 Å². The van der Waals surface area contributed by atoms with Crippen molar-refractivity contribution in [1.29, 1.82) is 0 Å². The Morgan fingerprint density at radius 3 is 2.32 bits per heavy atom. The fourth-order valence-electron chi connectivity index (χ4n) is 2.33. The number of carbonyl (C=O) groups is 2. The van der Waals surface area contributed by atoms with Crippen LogP contribution in [-0.2, 0) is 4.79 Å². The number of ether oxygens (including phenoxy) is 3. The largest absolute Gasteiger partial charge is 0.497 e. The highest BCUT2D eigenvalue weighted by atomic mass is 16.6. The molecule has 2 aromatic carbocycles. The number of nitrogens with one attached hydrogen (secondary N) is 2. The number of nitro benzene ring substituents is 1. The molecule has 0 spiro atoms. The predicted molar refractivity (Wildman–Crippen MR) is 100 cm³/mol. The molecule has 0 atom stereocenters. The van der Waals surface area contributed by atoms with Gasteiger partial charge in [-0.1, -0.05) is 0 Å². The second-order valence-electron chi connectivity index (χ2n) is 5.44. The Bertz CT molecular complexity index is 899. The van der Waals surface area contributed by atoms with Crippen molar-refractivity contribution in [3.8, 4) is 17.2 Å². The molecule has 0 aromatic heterocycles. The maximum absolute atomic E-state index is 12.2. The van der Waals surface area contributed by atoms with Crippen molar-refractivity contribution in [3.63, 3.8) is 0 Å². The number of anilines is 1. The Kier molecular flexibility index (Phi) is 6.74. The summed E-state index contributed by atoms with van der Waals surface area (Å²) in [5.41, 5.74) is 0.0903. The van der Waals surface area contributed by atoms with Crippen LogP contribution in [0.1, 0.15) is 10.4 Å². The molecule has 148 valence electrons. The van der Waals surface area contributed by atoms with Gasteiger partial charge in [0.15, 0.2) is 5.75 Å². The molecule has 0 saturated carbocycles. The number of benzene rings is 2. The van der Waals surface area contributed by atoms with Gasteiger partial charge in [0, 0.05) is 17.7 Å². The van der Waals surface area contributed by atoms with Crippen LogP contribution in [-0.4, -0.2) is 44.6 Å². The summed E-state index contributed by atoms with van der Waals surface area (Å²) in [6, 6.07) is 8.61. The maximum Gasteiger partial charge on any atom is 0.311 e. The Hall–Kier alpha value is -3.82. The lowest BCUT2D eigenvalue weighted by atomic mass is 10.1. The highest BCUT2D eigenvalue weighted by Gasteiger charge is 2.18. The first-order valence-corrected chi connectivity index (χ1v) is 8.02. The van der Waals surface area contributed by atoms with E-state index < -0.39 is 16.7 Å². The molecule has 28 heavy (non-hydrogen) atoms. The zero-order valence-electron chi connectivity index (χ0n) is 15.5. The second-order valence-corrected chi connectivity index (χ2v) is 5.44. The van der Waals surface area contributed by atoms with E-state index in [1.165, 1.54) is 33.5 Å². The summed E-state index contributed by atoms with van der Waals surface area (Å²) in [6.45, 7) is -0.339. The van der Waals surface area contributed by atoms with E-state index in [2.05, 4.69) is 10.6 Å². The third-order valence-corrected chi connectivity index (χ3v) is 3.73. The molecule has 10 heteroatoms. The van der Waals surface area contributed by atoms with Crippen molar-refractivity contribution in [1.82, 2.24) is 5.32 Å². The number of hydrogen-bond donors (Lipinski definition) is 2. The zero-order chi connectivity index (χ0) is 20.7. The van der Waals surface area contributed by atoms with E-state index in [0.717, 1.165) is 6.07 Å². The number of amides is 2. The Balaban J connectivity index is 2.02. The van der Waals surface area contributed by atoms with E-state index in [9.17, 15) is 19.7 Å². The van der Waals surface area contributed by atoms with Crippen molar-refractivity contribution >= 4 is 23.2 Å². The van der Waals surface area contributed by atoms with E-state index in [1.807, 2.05) is 0 Å². The topological polar surface area (TPSA) is 129 Å². The quantitative estimate of drug-likeness (QED) is 0.522. The Labute approximate surface area is 160 Å². The maximum atomic E-state index is 12.2. The first kappa shape index (κ1) is 20.5. The van der Waals surface area contributed by atoms with Gasteiger partial charge >= 0.3 is 5.69 Å². The summed E-state index contributed by atoms with van der Waals surface area (Å²) in [5.74, 6) is -0.151. The lowest BCUT2D eigenvalue weighted by molar-refractivity contribution is -0.385. The molecule has 0 aliphatic rings. The van der Waals surface area contributed by atoms with Crippen LogP contribution in [0.15, 0.2) is 36.4 Å². The lowest BCUT2D eigenvalue weighted by Gasteiger charge is -2.12. The molecule has 0 aliphatic heterocycles. The van der Waals surface area contributed by atoms with E-state index in [-0.39, 0.29) is 23.5 Å². The van der Waals surface area contributed by atoms with Crippen molar-refractivity contribution in [3.05, 3.63) is 52.1 Å². The summed E-state index contributed by atoms with van der Waals surface area (Å²) < 4.78 is 15.2. The molecule has 0 unspecified atom stereocenters. The number of rotatable bonds is 8. The van der Waals surface area contributed by atoms with Gasteiger partial charge in [-0.3, -0.25) is 19.7 Å². The van der Waals surface area contributed by atoms with Crippen LogP contribution in [0, 0.1) is 10.1 Å². The monoisotopic (exact) mass is 389 g/mol. The summed E-state index contributed by atoms with van der Waals surface area (Å²) in [6.07, 6.45) is 0. The summed E-state index contributed by atoms with van der Waals surface area (Å²) in [5, 5.41) is 16.0. The van der Waals surface area contributed by atoms with Gasteiger partial charge in [-0.05, 0) is 24.3 Å². The summed E-state index contributed by atoms with van der Waals surface area (Å²) >= 11 is 0. The van der Waals surface area contributed by atoms with E-state index in [1.54, 1.807) is 18.2 Å². The van der Waals surface area contributed by atoms with Gasteiger partial charge in [-0.25, -0.2) is 0 Å². The summed E-state index contributed by atoms with van der Waals surface area (Å²) in [4.78, 5) is 34.7. The van der Waals surface area contributed by atoms with Gasteiger partial charge < -0.3 is 24.8 Å². The minimum atomic E-state index is -0.654. The number of nitro groups is 1. The fourth-order valence-corrected chi connectivity index (χ4v) is 2.33. The van der Waals surface area contributed by atoms with Crippen LogP contribution in [0.3, 0.4) is 0 Å². The van der Waals surface area contributed by atoms with Crippen LogP contribution < -0.4 is 24.8 Å². The first-order chi connectivity index (χ1) is 13.4. The van der Waals surface area contributed by atoms with Crippen LogP contribution >= 0.6 is 0 Å².